The summed E-state index contributed by atoms with van der Waals surface area (Å²) in [4.78, 5) is 15.7. The normalized spacial score (nSPS) is 30.3. The quantitative estimate of drug-likeness (QED) is 0.842. The van der Waals surface area contributed by atoms with E-state index < -0.39 is 5.60 Å². The molecule has 1 aliphatic rings. The van der Waals surface area contributed by atoms with Crippen LogP contribution in [0.2, 0.25) is 0 Å². The largest absolute Gasteiger partial charge is 0.383 e. The number of hydrogen-bond donors (Lipinski definition) is 2. The van der Waals surface area contributed by atoms with Crippen LogP contribution >= 0.6 is 22.7 Å². The molecule has 3 heterocycles. The van der Waals surface area contributed by atoms with Crippen molar-refractivity contribution in [1.82, 2.24) is 0 Å². The van der Waals surface area contributed by atoms with E-state index in [4.69, 9.17) is 0 Å². The van der Waals surface area contributed by atoms with Crippen LogP contribution in [0.1, 0.15) is 21.0 Å². The molecule has 0 aromatic carbocycles. The summed E-state index contributed by atoms with van der Waals surface area (Å²) in [5.74, 6) is -0.275. The molecule has 1 fully saturated rings. The molecule has 0 spiro atoms. The first-order valence-corrected chi connectivity index (χ1v) is 8.52. The van der Waals surface area contributed by atoms with Gasteiger partial charge < -0.3 is 10.0 Å². The fraction of sp³-hybridized carbons (Fsp3) is 0.400. The summed E-state index contributed by atoms with van der Waals surface area (Å²) in [5.41, 5.74) is -1.01. The molecule has 0 saturated carbocycles. The fourth-order valence-corrected chi connectivity index (χ4v) is 4.55. The fourth-order valence-electron chi connectivity index (χ4n) is 2.92. The zero-order valence-corrected chi connectivity index (χ0v) is 13.0. The summed E-state index contributed by atoms with van der Waals surface area (Å²) in [7, 11) is 2.09. The number of carbonyl (C=O) groups excluding carboxylic acids is 1. The molecule has 0 bridgehead atoms. The lowest BCUT2D eigenvalue weighted by Gasteiger charge is -2.39. The third-order valence-corrected chi connectivity index (χ3v) is 6.01. The average molecular weight is 308 g/mol. The molecule has 106 valence electrons. The highest BCUT2D eigenvalue weighted by Gasteiger charge is 2.49. The molecule has 1 saturated heterocycles. The number of carbonyl (C=O) groups is 1. The van der Waals surface area contributed by atoms with Crippen LogP contribution in [0.3, 0.4) is 0 Å². The van der Waals surface area contributed by atoms with Gasteiger partial charge in [0.25, 0.3) is 0 Å². The van der Waals surface area contributed by atoms with Crippen molar-refractivity contribution in [2.45, 2.75) is 12.0 Å². The number of rotatable bonds is 3. The topological polar surface area (TPSA) is 41.7 Å². The third-order valence-electron chi connectivity index (χ3n) is 4.09. The van der Waals surface area contributed by atoms with Gasteiger partial charge in [0, 0.05) is 11.3 Å². The summed E-state index contributed by atoms with van der Waals surface area (Å²) < 4.78 is 0. The number of piperidine rings is 1. The number of thiophene rings is 2. The molecule has 0 aliphatic carbocycles. The predicted octanol–water partition coefficient (Wildman–Crippen LogP) is 1.41. The molecule has 2 aromatic rings. The van der Waals surface area contributed by atoms with Gasteiger partial charge in [0.1, 0.15) is 11.5 Å². The monoisotopic (exact) mass is 308 g/mol. The number of likely N-dealkylation sites (tertiary alicyclic amines) is 1. The Labute approximate surface area is 126 Å². The van der Waals surface area contributed by atoms with Crippen LogP contribution < -0.4 is 4.90 Å². The lowest BCUT2D eigenvalue weighted by atomic mass is 9.77. The van der Waals surface area contributed by atoms with E-state index in [0.717, 1.165) is 16.3 Å². The van der Waals surface area contributed by atoms with Gasteiger partial charge in [-0.25, -0.2) is 0 Å². The highest BCUT2D eigenvalue weighted by Crippen LogP contribution is 2.38. The van der Waals surface area contributed by atoms with Crippen molar-refractivity contribution in [3.05, 3.63) is 44.8 Å². The van der Waals surface area contributed by atoms with Crippen LogP contribution in [-0.2, 0) is 5.60 Å². The number of hydrogen-bond acceptors (Lipinski definition) is 4. The highest BCUT2D eigenvalue weighted by molar-refractivity contribution is 7.12. The molecular formula is C15H18NO2S2+. The standard InChI is InChI=1S/C15H17NO2S2/c1-16-7-6-15(18,13-5-3-9-20-13)11(10-16)14(17)12-4-2-8-19-12/h2-5,8-9,11,18H,6-7,10H2,1H3/p+1/t11-,15+/m0/s1. The van der Waals surface area contributed by atoms with Gasteiger partial charge in [0.2, 0.25) is 0 Å². The van der Waals surface area contributed by atoms with E-state index in [1.165, 1.54) is 27.6 Å². The summed E-state index contributed by atoms with van der Waals surface area (Å²) in [6.07, 6.45) is 0.640. The zero-order chi connectivity index (χ0) is 14.2. The molecule has 5 heteroatoms. The van der Waals surface area contributed by atoms with Gasteiger partial charge in [-0.2, -0.15) is 0 Å². The summed E-state index contributed by atoms with van der Waals surface area (Å²) >= 11 is 3.00. The maximum Gasteiger partial charge on any atom is 0.184 e. The van der Waals surface area contributed by atoms with E-state index in [2.05, 4.69) is 7.05 Å². The molecule has 2 N–H and O–H groups in total. The Hall–Kier alpha value is -1.01. The van der Waals surface area contributed by atoms with Crippen LogP contribution in [0, 0.1) is 5.92 Å². The molecule has 2 aromatic heterocycles. The van der Waals surface area contributed by atoms with Crippen molar-refractivity contribution in [2.24, 2.45) is 5.92 Å². The van der Waals surface area contributed by atoms with Crippen LogP contribution in [0.25, 0.3) is 0 Å². The van der Waals surface area contributed by atoms with E-state index in [1.807, 2.05) is 35.0 Å². The average Bonchev–Trinajstić information content (AvgIpc) is 3.13. The molecular weight excluding hydrogens is 290 g/mol. The first-order chi connectivity index (χ1) is 9.61. The van der Waals surface area contributed by atoms with E-state index in [1.54, 1.807) is 0 Å². The van der Waals surface area contributed by atoms with E-state index >= 15 is 0 Å². The molecule has 3 rings (SSSR count). The van der Waals surface area contributed by atoms with E-state index in [-0.39, 0.29) is 11.7 Å². The molecule has 3 atom stereocenters. The first-order valence-electron chi connectivity index (χ1n) is 6.76. The van der Waals surface area contributed by atoms with Gasteiger partial charge in [-0.1, -0.05) is 12.1 Å². The number of ketones is 1. The minimum Gasteiger partial charge on any atom is -0.383 e. The lowest BCUT2D eigenvalue weighted by Crippen LogP contribution is -3.12. The van der Waals surface area contributed by atoms with Gasteiger partial charge in [0.15, 0.2) is 5.78 Å². The van der Waals surface area contributed by atoms with Crippen molar-refractivity contribution in [1.29, 1.82) is 0 Å². The van der Waals surface area contributed by atoms with Crippen LogP contribution in [0.5, 0.6) is 0 Å². The van der Waals surface area contributed by atoms with Crippen molar-refractivity contribution < 1.29 is 14.8 Å². The van der Waals surface area contributed by atoms with Gasteiger partial charge in [-0.05, 0) is 22.9 Å². The van der Waals surface area contributed by atoms with Crippen molar-refractivity contribution >= 4 is 28.5 Å². The Morgan fingerprint density at radius 2 is 2.10 bits per heavy atom. The Morgan fingerprint density at radius 1 is 1.35 bits per heavy atom. The summed E-state index contributed by atoms with van der Waals surface area (Å²) in [6, 6.07) is 7.63. The Morgan fingerprint density at radius 3 is 2.75 bits per heavy atom. The molecule has 1 unspecified atom stereocenters. The van der Waals surface area contributed by atoms with Gasteiger partial charge in [-0.3, -0.25) is 4.79 Å². The Bertz CT molecular complexity index is 579. The lowest BCUT2D eigenvalue weighted by molar-refractivity contribution is -0.890. The van der Waals surface area contributed by atoms with Gasteiger partial charge >= 0.3 is 0 Å². The molecule has 3 nitrogen and oxygen atoms in total. The second-order valence-electron chi connectivity index (χ2n) is 5.46. The SMILES string of the molecule is C[NH+]1CC[C@](O)(c2cccs2)[C@H](C(=O)c2cccs2)C1. The van der Waals surface area contributed by atoms with Crippen molar-refractivity contribution in [3.8, 4) is 0 Å². The second kappa shape index (κ2) is 5.41. The maximum absolute atomic E-state index is 12.8. The third kappa shape index (κ3) is 2.35. The van der Waals surface area contributed by atoms with Crippen LogP contribution in [0.15, 0.2) is 35.0 Å². The van der Waals surface area contributed by atoms with Crippen LogP contribution in [-0.4, -0.2) is 31.0 Å². The molecule has 20 heavy (non-hydrogen) atoms. The second-order valence-corrected chi connectivity index (χ2v) is 7.35. The zero-order valence-electron chi connectivity index (χ0n) is 11.3. The summed E-state index contributed by atoms with van der Waals surface area (Å²) in [6.45, 7) is 1.58. The molecule has 0 amide bonds. The minimum absolute atomic E-state index is 0.0787. The first kappa shape index (κ1) is 13.9. The molecule has 1 aliphatic heterocycles. The summed E-state index contributed by atoms with van der Waals surface area (Å²) in [5, 5.41) is 15.0. The Kier molecular flexibility index (Phi) is 3.77. The molecule has 0 radical (unpaired) electrons. The van der Waals surface area contributed by atoms with Crippen LogP contribution in [0.4, 0.5) is 0 Å². The smallest absolute Gasteiger partial charge is 0.184 e. The number of aliphatic hydroxyl groups is 1. The van der Waals surface area contributed by atoms with Crippen molar-refractivity contribution in [3.63, 3.8) is 0 Å². The van der Waals surface area contributed by atoms with Gasteiger partial charge in [-0.15, -0.1) is 22.7 Å². The van der Waals surface area contributed by atoms with E-state index in [0.29, 0.717) is 13.0 Å². The number of nitrogens with one attached hydrogen (secondary N) is 1. The Balaban J connectivity index is 1.97. The number of quaternary nitrogens is 1. The predicted molar refractivity (Wildman–Crippen MR) is 81.6 cm³/mol. The van der Waals surface area contributed by atoms with Crippen molar-refractivity contribution in [2.75, 3.05) is 20.1 Å². The van der Waals surface area contributed by atoms with E-state index in [9.17, 15) is 9.90 Å². The highest BCUT2D eigenvalue weighted by atomic mass is 32.1. The maximum atomic E-state index is 12.8. The van der Waals surface area contributed by atoms with Gasteiger partial charge in [0.05, 0.1) is 25.0 Å². The number of Topliss-reactive ketones (excluding diaryl/α,β-unsaturated/α-hetero) is 1. The minimum atomic E-state index is -1.01.